The number of halogens is 2. The van der Waals surface area contributed by atoms with Gasteiger partial charge in [0.2, 0.25) is 11.3 Å². The van der Waals surface area contributed by atoms with Crippen LogP contribution in [-0.2, 0) is 4.79 Å². The normalized spacial score (nSPS) is 17.2. The highest BCUT2D eigenvalue weighted by atomic mass is 35.5. The van der Waals surface area contributed by atoms with Gasteiger partial charge in [0.05, 0.1) is 40.9 Å². The van der Waals surface area contributed by atoms with Crippen molar-refractivity contribution in [3.63, 3.8) is 0 Å². The molecule has 1 aliphatic carbocycles. The van der Waals surface area contributed by atoms with Gasteiger partial charge >= 0.3 is 5.97 Å². The minimum Gasteiger partial charge on any atom is -0.494 e. The van der Waals surface area contributed by atoms with Crippen molar-refractivity contribution in [1.82, 2.24) is 14.8 Å². The van der Waals surface area contributed by atoms with Gasteiger partial charge in [-0.05, 0) is 62.4 Å². The quantitative estimate of drug-likeness (QED) is 0.239. The van der Waals surface area contributed by atoms with Gasteiger partial charge in [0.25, 0.3) is 0 Å². The number of anilines is 1. The molecular formula is C32H38ClFN4O6. The number of carbonyl (C=O) groups is 2. The molecule has 0 spiro atoms. The molecule has 2 aliphatic rings. The molecular weight excluding hydrogens is 591 g/mol. The first-order valence-corrected chi connectivity index (χ1v) is 15.3. The van der Waals surface area contributed by atoms with E-state index < -0.39 is 23.3 Å². The number of fused-ring (bicyclic) bond motifs is 1. The summed E-state index contributed by atoms with van der Waals surface area (Å²) in [6.07, 6.45) is 4.79. The third-order valence-electron chi connectivity index (χ3n) is 8.38. The zero-order valence-electron chi connectivity index (χ0n) is 24.9. The highest BCUT2D eigenvalue weighted by Gasteiger charge is 2.32. The van der Waals surface area contributed by atoms with E-state index in [0.717, 1.165) is 50.3 Å². The zero-order chi connectivity index (χ0) is 31.5. The Balaban J connectivity index is 1.11. The summed E-state index contributed by atoms with van der Waals surface area (Å²) >= 11 is 6.77. The molecule has 1 unspecified atom stereocenters. The summed E-state index contributed by atoms with van der Waals surface area (Å²) in [6, 6.07) is 8.53. The summed E-state index contributed by atoms with van der Waals surface area (Å²) in [4.78, 5) is 39.2. The number of carbonyl (C=O) groups excluding carboxylic acids is 1. The monoisotopic (exact) mass is 628 g/mol. The van der Waals surface area contributed by atoms with Gasteiger partial charge in [-0.3, -0.25) is 9.59 Å². The number of pyridine rings is 1. The Hall–Kier alpha value is -3.67. The molecule has 0 radical (unpaired) electrons. The van der Waals surface area contributed by atoms with Crippen LogP contribution in [-0.4, -0.2) is 77.4 Å². The van der Waals surface area contributed by atoms with E-state index in [0.29, 0.717) is 31.0 Å². The smallest absolute Gasteiger partial charge is 0.341 e. The van der Waals surface area contributed by atoms with E-state index in [2.05, 4.69) is 5.32 Å². The zero-order valence-corrected chi connectivity index (χ0v) is 25.6. The molecule has 1 saturated carbocycles. The summed E-state index contributed by atoms with van der Waals surface area (Å²) in [5, 5.41) is 23.5. The van der Waals surface area contributed by atoms with Crippen LogP contribution < -0.4 is 20.4 Å². The van der Waals surface area contributed by atoms with Crippen molar-refractivity contribution in [2.45, 2.75) is 57.2 Å². The number of nitrogens with one attached hydrogen (secondary N) is 1. The van der Waals surface area contributed by atoms with Gasteiger partial charge in [-0.2, -0.15) is 0 Å². The molecule has 5 rings (SSSR count). The number of carboxylic acids is 1. The number of aliphatic hydroxyl groups excluding tert-OH is 1. The highest BCUT2D eigenvalue weighted by Crippen LogP contribution is 2.42. The Bertz CT molecular complexity index is 1590. The maximum absolute atomic E-state index is 15.4. The van der Waals surface area contributed by atoms with Gasteiger partial charge in [0.1, 0.15) is 17.1 Å². The number of amides is 1. The van der Waals surface area contributed by atoms with Gasteiger partial charge in [-0.25, -0.2) is 9.18 Å². The lowest BCUT2D eigenvalue weighted by Crippen LogP contribution is -2.33. The number of unbranched alkanes of at least 4 members (excludes halogenated alkanes) is 1. The molecule has 1 amide bonds. The molecule has 2 aromatic carbocycles. The second-order valence-electron chi connectivity index (χ2n) is 11.7. The number of aliphatic hydroxyl groups is 1. The van der Waals surface area contributed by atoms with Crippen LogP contribution in [0.3, 0.4) is 0 Å². The number of hydrogen-bond acceptors (Lipinski definition) is 7. The number of hydrogen-bond donors (Lipinski definition) is 3. The Morgan fingerprint density at radius 3 is 2.59 bits per heavy atom. The van der Waals surface area contributed by atoms with Crippen LogP contribution in [0.4, 0.5) is 10.1 Å². The van der Waals surface area contributed by atoms with E-state index in [1.165, 1.54) is 18.0 Å². The molecule has 236 valence electrons. The molecule has 10 nitrogen and oxygen atoms in total. The van der Waals surface area contributed by atoms with E-state index in [9.17, 15) is 24.6 Å². The predicted octanol–water partition coefficient (Wildman–Crippen LogP) is 4.37. The van der Waals surface area contributed by atoms with E-state index in [1.807, 2.05) is 17.0 Å². The topological polar surface area (TPSA) is 124 Å². The summed E-state index contributed by atoms with van der Waals surface area (Å²) in [5.74, 6) is -1.37. The molecule has 12 heteroatoms. The summed E-state index contributed by atoms with van der Waals surface area (Å²) < 4.78 is 23.0. The van der Waals surface area contributed by atoms with Crippen molar-refractivity contribution in [3.8, 4) is 5.75 Å². The lowest BCUT2D eigenvalue weighted by atomic mass is 10.1. The minimum absolute atomic E-state index is 0.00910. The first kappa shape index (κ1) is 31.7. The Labute approximate surface area is 260 Å². The van der Waals surface area contributed by atoms with E-state index >= 15 is 4.39 Å². The van der Waals surface area contributed by atoms with Crippen molar-refractivity contribution in [1.29, 1.82) is 0 Å². The summed E-state index contributed by atoms with van der Waals surface area (Å²) in [5.41, 5.74) is 0.245. The minimum atomic E-state index is -1.34. The van der Waals surface area contributed by atoms with Crippen molar-refractivity contribution in [2.24, 2.45) is 0 Å². The highest BCUT2D eigenvalue weighted by molar-refractivity contribution is 6.38. The molecule has 1 aliphatic heterocycles. The second kappa shape index (κ2) is 13.5. The Kier molecular flexibility index (Phi) is 9.77. The van der Waals surface area contributed by atoms with Crippen LogP contribution in [0.2, 0.25) is 5.02 Å². The van der Waals surface area contributed by atoms with Crippen LogP contribution in [0.1, 0.15) is 67.1 Å². The van der Waals surface area contributed by atoms with Gasteiger partial charge in [0.15, 0.2) is 0 Å². The summed E-state index contributed by atoms with van der Waals surface area (Å²) in [7, 11) is 1.65. The average molecular weight is 629 g/mol. The van der Waals surface area contributed by atoms with Crippen molar-refractivity contribution < 1.29 is 28.9 Å². The number of carboxylic acid groups (broad SMARTS) is 1. The molecule has 1 aromatic heterocycles. The average Bonchev–Trinajstić information content (AvgIpc) is 3.73. The van der Waals surface area contributed by atoms with Crippen LogP contribution in [0.5, 0.6) is 5.75 Å². The third kappa shape index (κ3) is 7.00. The number of rotatable bonds is 13. The van der Waals surface area contributed by atoms with Crippen molar-refractivity contribution in [2.75, 3.05) is 44.7 Å². The fraction of sp³-hybridized carbons (Fsp3) is 0.469. The molecule has 0 bridgehead atoms. The number of ether oxygens (including phenoxy) is 1. The van der Waals surface area contributed by atoms with Gasteiger partial charge < -0.3 is 34.6 Å². The molecule has 44 heavy (non-hydrogen) atoms. The Morgan fingerprint density at radius 1 is 1.20 bits per heavy atom. The SMILES string of the molecule is CC(=O)N(C)C[C@H](O)c1ccc(OCCCCNC2CCN(c3c(F)cc4c(=O)c(C(=O)O)cn(C5CC5)c4c3Cl)C2)cc1. The van der Waals surface area contributed by atoms with Crippen molar-refractivity contribution >= 4 is 40.1 Å². The summed E-state index contributed by atoms with van der Waals surface area (Å²) in [6.45, 7) is 4.14. The number of aromatic carboxylic acids is 1. The Morgan fingerprint density at radius 2 is 1.93 bits per heavy atom. The van der Waals surface area contributed by atoms with Crippen LogP contribution >= 0.6 is 11.6 Å². The van der Waals surface area contributed by atoms with Crippen LogP contribution in [0.15, 0.2) is 41.3 Å². The van der Waals surface area contributed by atoms with E-state index in [1.54, 1.807) is 23.7 Å². The molecule has 3 N–H and O–H groups in total. The maximum Gasteiger partial charge on any atom is 0.341 e. The fourth-order valence-electron chi connectivity index (χ4n) is 5.65. The molecule has 2 heterocycles. The lowest BCUT2D eigenvalue weighted by Gasteiger charge is -2.23. The second-order valence-corrected chi connectivity index (χ2v) is 12.0. The number of nitrogens with zero attached hydrogens (tertiary/aromatic N) is 3. The number of aromatic nitrogens is 1. The molecule has 2 fully saturated rings. The molecule has 2 atom stereocenters. The van der Waals surface area contributed by atoms with Gasteiger partial charge in [0, 0.05) is 45.3 Å². The fourth-order valence-corrected chi connectivity index (χ4v) is 6.06. The van der Waals surface area contributed by atoms with Gasteiger partial charge in [-0.1, -0.05) is 23.7 Å². The lowest BCUT2D eigenvalue weighted by molar-refractivity contribution is -0.128. The number of likely N-dealkylation sites (N-methyl/N-ethyl adjacent to an activating group) is 1. The largest absolute Gasteiger partial charge is 0.494 e. The van der Waals surface area contributed by atoms with E-state index in [4.69, 9.17) is 16.3 Å². The van der Waals surface area contributed by atoms with E-state index in [-0.39, 0.29) is 46.2 Å². The van der Waals surface area contributed by atoms with Crippen LogP contribution in [0.25, 0.3) is 10.9 Å². The maximum atomic E-state index is 15.4. The van der Waals surface area contributed by atoms with Crippen molar-refractivity contribution in [3.05, 3.63) is 68.7 Å². The van der Waals surface area contributed by atoms with Crippen LogP contribution in [0, 0.1) is 5.82 Å². The third-order valence-corrected chi connectivity index (χ3v) is 8.74. The molecule has 3 aromatic rings. The van der Waals surface area contributed by atoms with Gasteiger partial charge in [-0.15, -0.1) is 0 Å². The molecule has 1 saturated heterocycles. The first-order valence-electron chi connectivity index (χ1n) is 15.0. The number of benzene rings is 2. The first-order chi connectivity index (χ1) is 21.0. The predicted molar refractivity (Wildman–Crippen MR) is 166 cm³/mol. The standard InChI is InChI=1S/C32H38ClFN4O6/c1-19(39)36(2)18-27(40)20-5-9-23(10-6-20)44-14-4-3-12-35-21-11-13-37(16-21)30-26(34)15-24-29(28(30)33)38(22-7-8-22)17-25(31(24)41)32(42)43/h5-6,9-10,15,17,21-22,27,35,40H,3-4,7-8,11-14,16,18H2,1-2H3,(H,42,43)/t21?,27-/m0/s1.